The molecule has 0 unspecified atom stereocenters. The molecule has 0 saturated heterocycles. The first-order chi connectivity index (χ1) is 11.3. The molecule has 0 saturated carbocycles. The lowest BCUT2D eigenvalue weighted by Gasteiger charge is -2.21. The van der Waals surface area contributed by atoms with Crippen molar-refractivity contribution in [3.63, 3.8) is 0 Å². The standard InChI is InChI=1S/C18H16N4O/c1-10-13(8-19-22-10)18-12-5-3-2-4-11(12)17-14-9-20-23-16(14)7-6-15(17)21-18/h6-9H,2-5H2,1H3,(H,19,22). The summed E-state index contributed by atoms with van der Waals surface area (Å²) in [5, 5.41) is 13.5. The maximum Gasteiger partial charge on any atom is 0.167 e. The molecule has 0 amide bonds. The summed E-state index contributed by atoms with van der Waals surface area (Å²) in [5.74, 6) is 0. The predicted molar refractivity (Wildman–Crippen MR) is 88.3 cm³/mol. The van der Waals surface area contributed by atoms with Crippen LogP contribution in [-0.2, 0) is 12.8 Å². The van der Waals surface area contributed by atoms with E-state index in [1.54, 1.807) is 0 Å². The Morgan fingerprint density at radius 1 is 1.09 bits per heavy atom. The zero-order valence-corrected chi connectivity index (χ0v) is 12.9. The van der Waals surface area contributed by atoms with Gasteiger partial charge in [-0.1, -0.05) is 5.16 Å². The Morgan fingerprint density at radius 2 is 1.96 bits per heavy atom. The molecule has 0 atom stereocenters. The number of rotatable bonds is 1. The highest BCUT2D eigenvalue weighted by Gasteiger charge is 2.22. The van der Waals surface area contributed by atoms with Gasteiger partial charge in [-0.15, -0.1) is 0 Å². The molecule has 0 spiro atoms. The molecule has 4 aromatic rings. The van der Waals surface area contributed by atoms with Gasteiger partial charge in [0.2, 0.25) is 0 Å². The molecule has 5 nitrogen and oxygen atoms in total. The number of aromatic nitrogens is 4. The van der Waals surface area contributed by atoms with Gasteiger partial charge in [-0.3, -0.25) is 5.10 Å². The first kappa shape index (κ1) is 12.8. The molecule has 0 fully saturated rings. The van der Waals surface area contributed by atoms with E-state index >= 15 is 0 Å². The highest BCUT2D eigenvalue weighted by Crippen LogP contribution is 2.38. The number of hydrogen-bond donors (Lipinski definition) is 1. The fourth-order valence-corrected chi connectivity index (χ4v) is 3.79. The maximum absolute atomic E-state index is 5.35. The van der Waals surface area contributed by atoms with Crippen LogP contribution in [0.15, 0.2) is 29.0 Å². The zero-order valence-electron chi connectivity index (χ0n) is 12.9. The smallest absolute Gasteiger partial charge is 0.167 e. The molecule has 1 aromatic carbocycles. The van der Waals surface area contributed by atoms with Crippen LogP contribution in [0, 0.1) is 6.92 Å². The molecule has 5 heteroatoms. The summed E-state index contributed by atoms with van der Waals surface area (Å²) in [5.41, 5.74) is 7.87. The average molecular weight is 304 g/mol. The van der Waals surface area contributed by atoms with Crippen LogP contribution in [0.5, 0.6) is 0 Å². The van der Waals surface area contributed by atoms with E-state index < -0.39 is 0 Å². The summed E-state index contributed by atoms with van der Waals surface area (Å²) in [7, 11) is 0. The van der Waals surface area contributed by atoms with Crippen molar-refractivity contribution in [3.8, 4) is 11.3 Å². The minimum absolute atomic E-state index is 0.833. The predicted octanol–water partition coefficient (Wildman–Crippen LogP) is 3.95. The van der Waals surface area contributed by atoms with Gasteiger partial charge in [-0.25, -0.2) is 4.98 Å². The van der Waals surface area contributed by atoms with Crippen molar-refractivity contribution in [2.24, 2.45) is 0 Å². The zero-order chi connectivity index (χ0) is 15.4. The Morgan fingerprint density at radius 3 is 2.78 bits per heavy atom. The second kappa shape index (κ2) is 4.65. The SMILES string of the molecule is Cc1[nH]ncc1-c1nc2ccc3oncc3c2c2c1CCCC2. The molecule has 3 aromatic heterocycles. The molecule has 0 bridgehead atoms. The van der Waals surface area contributed by atoms with Crippen LogP contribution in [-0.4, -0.2) is 20.3 Å². The Kier molecular flexibility index (Phi) is 2.59. The molecule has 114 valence electrons. The summed E-state index contributed by atoms with van der Waals surface area (Å²) >= 11 is 0. The van der Waals surface area contributed by atoms with Crippen molar-refractivity contribution in [2.75, 3.05) is 0 Å². The summed E-state index contributed by atoms with van der Waals surface area (Å²) in [6, 6.07) is 4.00. The van der Waals surface area contributed by atoms with Gasteiger partial charge in [0, 0.05) is 16.6 Å². The van der Waals surface area contributed by atoms with Gasteiger partial charge in [-0.05, 0) is 55.9 Å². The Hall–Kier alpha value is -2.69. The number of aromatic amines is 1. The van der Waals surface area contributed by atoms with Crippen LogP contribution in [0.4, 0.5) is 0 Å². The van der Waals surface area contributed by atoms with Crippen LogP contribution in [0.3, 0.4) is 0 Å². The minimum Gasteiger partial charge on any atom is -0.356 e. The summed E-state index contributed by atoms with van der Waals surface area (Å²) in [6.45, 7) is 2.05. The van der Waals surface area contributed by atoms with E-state index in [-0.39, 0.29) is 0 Å². The number of nitrogens with one attached hydrogen (secondary N) is 1. The fraction of sp³-hybridized carbons (Fsp3) is 0.278. The van der Waals surface area contributed by atoms with E-state index in [2.05, 4.69) is 15.4 Å². The highest BCUT2D eigenvalue weighted by atomic mass is 16.5. The number of hydrogen-bond acceptors (Lipinski definition) is 4. The van der Waals surface area contributed by atoms with Gasteiger partial charge in [0.05, 0.1) is 29.0 Å². The van der Waals surface area contributed by atoms with Gasteiger partial charge in [0.15, 0.2) is 5.58 Å². The molecule has 1 N–H and O–H groups in total. The summed E-state index contributed by atoms with van der Waals surface area (Å²) in [4.78, 5) is 4.99. The molecule has 23 heavy (non-hydrogen) atoms. The first-order valence-corrected chi connectivity index (χ1v) is 8.02. The molecule has 0 aliphatic heterocycles. The number of benzene rings is 1. The summed E-state index contributed by atoms with van der Waals surface area (Å²) < 4.78 is 5.35. The molecule has 1 aliphatic rings. The van der Waals surface area contributed by atoms with Gasteiger partial charge in [0.1, 0.15) is 0 Å². The van der Waals surface area contributed by atoms with E-state index in [1.165, 1.54) is 29.4 Å². The minimum atomic E-state index is 0.833. The van der Waals surface area contributed by atoms with Crippen molar-refractivity contribution < 1.29 is 4.52 Å². The van der Waals surface area contributed by atoms with Crippen molar-refractivity contribution in [1.29, 1.82) is 0 Å². The van der Waals surface area contributed by atoms with Crippen LogP contribution in [0.1, 0.15) is 29.7 Å². The molecule has 0 radical (unpaired) electrons. The molecule has 5 rings (SSSR count). The molecular formula is C18H16N4O. The Labute approximate surface area is 132 Å². The van der Waals surface area contributed by atoms with Crippen LogP contribution in [0.2, 0.25) is 0 Å². The van der Waals surface area contributed by atoms with Gasteiger partial charge >= 0.3 is 0 Å². The third kappa shape index (κ3) is 1.76. The average Bonchev–Trinajstić information content (AvgIpc) is 3.22. The number of H-pyrrole nitrogens is 1. The topological polar surface area (TPSA) is 67.6 Å². The molecule has 1 aliphatic carbocycles. The quantitative estimate of drug-likeness (QED) is 0.578. The van der Waals surface area contributed by atoms with Crippen LogP contribution >= 0.6 is 0 Å². The third-order valence-electron chi connectivity index (χ3n) is 4.89. The maximum atomic E-state index is 5.35. The Balaban J connectivity index is 1.94. The lowest BCUT2D eigenvalue weighted by atomic mass is 9.85. The van der Waals surface area contributed by atoms with Gasteiger partial charge in [-0.2, -0.15) is 5.10 Å². The second-order valence-corrected chi connectivity index (χ2v) is 6.23. The van der Waals surface area contributed by atoms with Crippen LogP contribution < -0.4 is 0 Å². The van der Waals surface area contributed by atoms with E-state index in [1.807, 2.05) is 31.5 Å². The molecule has 3 heterocycles. The largest absolute Gasteiger partial charge is 0.356 e. The van der Waals surface area contributed by atoms with Gasteiger partial charge in [0.25, 0.3) is 0 Å². The van der Waals surface area contributed by atoms with E-state index in [0.29, 0.717) is 0 Å². The van der Waals surface area contributed by atoms with Crippen molar-refractivity contribution in [1.82, 2.24) is 20.3 Å². The van der Waals surface area contributed by atoms with E-state index in [4.69, 9.17) is 9.51 Å². The van der Waals surface area contributed by atoms with Gasteiger partial charge < -0.3 is 4.52 Å². The van der Waals surface area contributed by atoms with Crippen molar-refractivity contribution in [2.45, 2.75) is 32.6 Å². The van der Waals surface area contributed by atoms with Crippen molar-refractivity contribution >= 4 is 21.9 Å². The number of pyridine rings is 1. The lowest BCUT2D eigenvalue weighted by molar-refractivity contribution is 0.456. The van der Waals surface area contributed by atoms with Crippen molar-refractivity contribution in [3.05, 3.63) is 41.3 Å². The summed E-state index contributed by atoms with van der Waals surface area (Å²) in [6.07, 6.45) is 8.29. The fourth-order valence-electron chi connectivity index (χ4n) is 3.79. The highest BCUT2D eigenvalue weighted by molar-refractivity contribution is 6.07. The normalized spacial score (nSPS) is 14.5. The monoisotopic (exact) mass is 304 g/mol. The number of fused-ring (bicyclic) bond motifs is 5. The van der Waals surface area contributed by atoms with E-state index in [0.717, 1.165) is 46.3 Å². The van der Waals surface area contributed by atoms with Crippen LogP contribution in [0.25, 0.3) is 33.1 Å². The Bertz CT molecular complexity index is 1040. The number of nitrogens with zero attached hydrogens (tertiary/aromatic N) is 3. The lowest BCUT2D eigenvalue weighted by Crippen LogP contribution is -2.08. The molecular weight excluding hydrogens is 288 g/mol. The van der Waals surface area contributed by atoms with E-state index in [9.17, 15) is 0 Å². The third-order valence-corrected chi connectivity index (χ3v) is 4.89. The second-order valence-electron chi connectivity index (χ2n) is 6.23. The number of aryl methyl sites for hydroxylation is 2. The first-order valence-electron chi connectivity index (χ1n) is 8.02.